The van der Waals surface area contributed by atoms with Crippen LogP contribution in [0.25, 0.3) is 0 Å². The smallest absolute Gasteiger partial charge is 0.120 e. The van der Waals surface area contributed by atoms with E-state index in [-0.39, 0.29) is 11.6 Å². The molecule has 14 heavy (non-hydrogen) atoms. The standard InChI is InChI=1S/C11H24N2O/c1-11(2,3)9-7-6-8-10(14)13(9)12(4)5/h9-10,14H,6-8H2,1-5H3. The zero-order chi connectivity index (χ0) is 10.9. The van der Waals surface area contributed by atoms with Crippen molar-refractivity contribution in [1.29, 1.82) is 0 Å². The largest absolute Gasteiger partial charge is 0.377 e. The summed E-state index contributed by atoms with van der Waals surface area (Å²) in [6, 6.07) is 0.446. The van der Waals surface area contributed by atoms with Crippen molar-refractivity contribution in [3.63, 3.8) is 0 Å². The molecule has 2 atom stereocenters. The molecule has 1 rings (SSSR count). The number of aliphatic hydroxyl groups is 1. The van der Waals surface area contributed by atoms with Crippen molar-refractivity contribution in [2.45, 2.75) is 52.3 Å². The Hall–Kier alpha value is -0.120. The highest BCUT2D eigenvalue weighted by molar-refractivity contribution is 4.86. The molecule has 0 aromatic rings. The van der Waals surface area contributed by atoms with Crippen LogP contribution in [0.1, 0.15) is 40.0 Å². The maximum Gasteiger partial charge on any atom is 0.120 e. The van der Waals surface area contributed by atoms with Gasteiger partial charge in [-0.3, -0.25) is 0 Å². The second-order valence-corrected chi connectivity index (χ2v) is 5.52. The molecule has 1 N–H and O–H groups in total. The highest BCUT2D eigenvalue weighted by Gasteiger charge is 2.37. The van der Waals surface area contributed by atoms with Crippen LogP contribution in [0.15, 0.2) is 0 Å². The highest BCUT2D eigenvalue weighted by Crippen LogP contribution is 2.34. The number of hydrazine groups is 1. The van der Waals surface area contributed by atoms with Gasteiger partial charge in [0.15, 0.2) is 0 Å². The molecular formula is C11H24N2O. The lowest BCUT2D eigenvalue weighted by molar-refractivity contribution is -0.185. The molecular weight excluding hydrogens is 176 g/mol. The number of hydrogen-bond acceptors (Lipinski definition) is 3. The van der Waals surface area contributed by atoms with E-state index < -0.39 is 0 Å². The van der Waals surface area contributed by atoms with Gasteiger partial charge in [0.25, 0.3) is 0 Å². The van der Waals surface area contributed by atoms with Crippen molar-refractivity contribution in [2.24, 2.45) is 5.41 Å². The van der Waals surface area contributed by atoms with Crippen LogP contribution in [0, 0.1) is 5.41 Å². The van der Waals surface area contributed by atoms with Crippen LogP contribution in [0.2, 0.25) is 0 Å². The van der Waals surface area contributed by atoms with E-state index in [1.807, 2.05) is 19.1 Å². The van der Waals surface area contributed by atoms with Gasteiger partial charge in [-0.2, -0.15) is 0 Å². The van der Waals surface area contributed by atoms with Gasteiger partial charge in [-0.1, -0.05) is 20.8 Å². The van der Waals surface area contributed by atoms with Crippen LogP contribution in [0.5, 0.6) is 0 Å². The second-order valence-electron chi connectivity index (χ2n) is 5.52. The summed E-state index contributed by atoms with van der Waals surface area (Å²) in [6.45, 7) is 6.73. The van der Waals surface area contributed by atoms with E-state index >= 15 is 0 Å². The van der Waals surface area contributed by atoms with Gasteiger partial charge >= 0.3 is 0 Å². The van der Waals surface area contributed by atoms with Gasteiger partial charge < -0.3 is 5.11 Å². The third-order valence-corrected chi connectivity index (χ3v) is 3.03. The van der Waals surface area contributed by atoms with Crippen LogP contribution in [0.3, 0.4) is 0 Å². The summed E-state index contributed by atoms with van der Waals surface area (Å²) < 4.78 is 0. The van der Waals surface area contributed by atoms with Gasteiger partial charge in [0, 0.05) is 20.1 Å². The Morgan fingerprint density at radius 3 is 2.14 bits per heavy atom. The maximum absolute atomic E-state index is 9.96. The zero-order valence-electron chi connectivity index (χ0n) is 10.1. The number of aliphatic hydroxyl groups excluding tert-OH is 1. The van der Waals surface area contributed by atoms with Crippen LogP contribution >= 0.6 is 0 Å². The molecule has 1 aliphatic heterocycles. The predicted octanol–water partition coefficient (Wildman–Crippen LogP) is 1.68. The minimum atomic E-state index is -0.303. The Morgan fingerprint density at radius 1 is 1.21 bits per heavy atom. The molecule has 84 valence electrons. The van der Waals surface area contributed by atoms with Gasteiger partial charge in [-0.05, 0) is 24.7 Å². The molecule has 0 radical (unpaired) electrons. The molecule has 0 aromatic carbocycles. The van der Waals surface area contributed by atoms with Crippen molar-refractivity contribution in [2.75, 3.05) is 14.1 Å². The molecule has 1 saturated heterocycles. The number of rotatable bonds is 1. The normalized spacial score (nSPS) is 31.1. The molecule has 1 aliphatic rings. The SMILES string of the molecule is CN(C)N1C(O)CCCC1C(C)(C)C. The van der Waals surface area contributed by atoms with Crippen molar-refractivity contribution in [1.82, 2.24) is 10.0 Å². The van der Waals surface area contributed by atoms with E-state index in [0.29, 0.717) is 6.04 Å². The van der Waals surface area contributed by atoms with Gasteiger partial charge in [0.1, 0.15) is 6.23 Å². The highest BCUT2D eigenvalue weighted by atomic mass is 16.3. The fraction of sp³-hybridized carbons (Fsp3) is 1.00. The molecule has 0 aliphatic carbocycles. The molecule has 0 bridgehead atoms. The predicted molar refractivity (Wildman–Crippen MR) is 58.6 cm³/mol. The Labute approximate surface area is 87.7 Å². The van der Waals surface area contributed by atoms with Crippen LogP contribution in [-0.2, 0) is 0 Å². The summed E-state index contributed by atoms with van der Waals surface area (Å²) in [7, 11) is 4.01. The quantitative estimate of drug-likeness (QED) is 0.697. The average Bonchev–Trinajstić information content (AvgIpc) is 2.01. The topological polar surface area (TPSA) is 26.7 Å². The second kappa shape index (κ2) is 4.17. The first kappa shape index (κ1) is 12.0. The molecule has 0 amide bonds. The van der Waals surface area contributed by atoms with E-state index in [0.717, 1.165) is 12.8 Å². The lowest BCUT2D eigenvalue weighted by atomic mass is 9.81. The van der Waals surface area contributed by atoms with Crippen LogP contribution in [-0.4, -0.2) is 41.5 Å². The van der Waals surface area contributed by atoms with Crippen molar-refractivity contribution >= 4 is 0 Å². The molecule has 1 heterocycles. The third kappa shape index (κ3) is 2.47. The van der Waals surface area contributed by atoms with Crippen molar-refractivity contribution in [3.05, 3.63) is 0 Å². The Morgan fingerprint density at radius 2 is 1.79 bits per heavy atom. The summed E-state index contributed by atoms with van der Waals surface area (Å²) in [6.07, 6.45) is 2.90. The molecule has 0 spiro atoms. The van der Waals surface area contributed by atoms with Crippen molar-refractivity contribution in [3.8, 4) is 0 Å². The van der Waals surface area contributed by atoms with Gasteiger partial charge in [-0.15, -0.1) is 0 Å². The number of hydrogen-bond donors (Lipinski definition) is 1. The monoisotopic (exact) mass is 200 g/mol. The van der Waals surface area contributed by atoms with Crippen LogP contribution < -0.4 is 0 Å². The summed E-state index contributed by atoms with van der Waals surface area (Å²) in [5, 5.41) is 14.1. The molecule has 3 heteroatoms. The first-order chi connectivity index (χ1) is 6.34. The number of nitrogens with zero attached hydrogens (tertiary/aromatic N) is 2. The van der Waals surface area contributed by atoms with E-state index in [1.54, 1.807) is 0 Å². The summed E-state index contributed by atoms with van der Waals surface area (Å²) in [5.74, 6) is 0. The van der Waals surface area contributed by atoms with E-state index in [9.17, 15) is 5.11 Å². The summed E-state index contributed by atoms with van der Waals surface area (Å²) in [4.78, 5) is 0. The average molecular weight is 200 g/mol. The van der Waals surface area contributed by atoms with E-state index in [4.69, 9.17) is 0 Å². The van der Waals surface area contributed by atoms with Gasteiger partial charge in [-0.25, -0.2) is 10.0 Å². The molecule has 0 saturated carbocycles. The maximum atomic E-state index is 9.96. The first-order valence-electron chi connectivity index (χ1n) is 5.47. The Kier molecular flexibility index (Phi) is 3.56. The summed E-state index contributed by atoms with van der Waals surface area (Å²) >= 11 is 0. The first-order valence-corrected chi connectivity index (χ1v) is 5.47. The Balaban J connectivity index is 2.80. The van der Waals surface area contributed by atoms with Gasteiger partial charge in [0.2, 0.25) is 0 Å². The fourth-order valence-electron chi connectivity index (χ4n) is 2.34. The van der Waals surface area contributed by atoms with E-state index in [1.165, 1.54) is 6.42 Å². The molecule has 3 nitrogen and oxygen atoms in total. The van der Waals surface area contributed by atoms with Gasteiger partial charge in [0.05, 0.1) is 0 Å². The molecule has 1 fully saturated rings. The lowest BCUT2D eigenvalue weighted by Crippen LogP contribution is -2.57. The van der Waals surface area contributed by atoms with Crippen molar-refractivity contribution < 1.29 is 5.11 Å². The third-order valence-electron chi connectivity index (χ3n) is 3.03. The number of piperidine rings is 1. The lowest BCUT2D eigenvalue weighted by Gasteiger charge is -2.48. The van der Waals surface area contributed by atoms with E-state index in [2.05, 4.69) is 25.8 Å². The minimum Gasteiger partial charge on any atom is -0.377 e. The Bertz CT molecular complexity index is 186. The molecule has 0 aromatic heterocycles. The summed E-state index contributed by atoms with van der Waals surface area (Å²) in [5.41, 5.74) is 0.228. The fourth-order valence-corrected chi connectivity index (χ4v) is 2.34. The zero-order valence-corrected chi connectivity index (χ0v) is 10.1. The van der Waals surface area contributed by atoms with Crippen LogP contribution in [0.4, 0.5) is 0 Å². The minimum absolute atomic E-state index is 0.228. The molecule has 2 unspecified atom stereocenters.